The highest BCUT2D eigenvalue weighted by atomic mass is 79.9. The van der Waals surface area contributed by atoms with E-state index >= 15 is 0 Å². The Labute approximate surface area is 159 Å². The van der Waals surface area contributed by atoms with Gasteiger partial charge in [-0.25, -0.2) is 0 Å². The summed E-state index contributed by atoms with van der Waals surface area (Å²) >= 11 is 3.39. The van der Waals surface area contributed by atoms with E-state index in [0.717, 1.165) is 15.6 Å². The zero-order chi connectivity index (χ0) is 18.4. The Balaban J connectivity index is 1.71. The summed E-state index contributed by atoms with van der Waals surface area (Å²) < 4.78 is 6.71. The van der Waals surface area contributed by atoms with Gasteiger partial charge in [-0.2, -0.15) is 5.26 Å². The van der Waals surface area contributed by atoms with Gasteiger partial charge in [0.15, 0.2) is 0 Å². The van der Waals surface area contributed by atoms with E-state index in [1.807, 2.05) is 66.7 Å². The van der Waals surface area contributed by atoms with Crippen LogP contribution in [0.3, 0.4) is 0 Å². The van der Waals surface area contributed by atoms with Gasteiger partial charge < -0.3 is 9.73 Å². The average molecular weight is 407 g/mol. The predicted molar refractivity (Wildman–Crippen MR) is 104 cm³/mol. The minimum atomic E-state index is -0.432. The maximum absolute atomic E-state index is 12.2. The Morgan fingerprint density at radius 2 is 1.81 bits per heavy atom. The SMILES string of the molecule is N#C/C(=C\c1ccc(-c2ccc(Br)cc2)o1)C(=O)NCc1ccccc1. The summed E-state index contributed by atoms with van der Waals surface area (Å²) in [5.74, 6) is 0.693. The number of furan rings is 1. The lowest BCUT2D eigenvalue weighted by Gasteiger charge is -2.03. The first kappa shape index (κ1) is 17.7. The molecule has 3 rings (SSSR count). The number of nitriles is 1. The van der Waals surface area contributed by atoms with Gasteiger partial charge in [0.25, 0.3) is 5.91 Å². The third kappa shape index (κ3) is 4.50. The fourth-order valence-corrected chi connectivity index (χ4v) is 2.63. The van der Waals surface area contributed by atoms with Crippen molar-refractivity contribution in [1.82, 2.24) is 5.32 Å². The van der Waals surface area contributed by atoms with Gasteiger partial charge in [0, 0.05) is 22.7 Å². The molecule has 0 saturated heterocycles. The number of carbonyl (C=O) groups excluding carboxylic acids is 1. The Bertz CT molecular complexity index is 967. The summed E-state index contributed by atoms with van der Waals surface area (Å²) in [7, 11) is 0. The molecule has 1 N–H and O–H groups in total. The van der Waals surface area contributed by atoms with Crippen LogP contribution < -0.4 is 5.32 Å². The monoisotopic (exact) mass is 406 g/mol. The number of amides is 1. The topological polar surface area (TPSA) is 66.0 Å². The molecule has 3 aromatic rings. The van der Waals surface area contributed by atoms with Crippen LogP contribution in [0.4, 0.5) is 0 Å². The summed E-state index contributed by atoms with van der Waals surface area (Å²) in [5, 5.41) is 12.0. The van der Waals surface area contributed by atoms with Crippen molar-refractivity contribution in [3.8, 4) is 17.4 Å². The van der Waals surface area contributed by atoms with E-state index in [-0.39, 0.29) is 5.57 Å². The van der Waals surface area contributed by atoms with E-state index in [0.29, 0.717) is 18.1 Å². The molecule has 0 saturated carbocycles. The smallest absolute Gasteiger partial charge is 0.262 e. The number of nitrogens with zero attached hydrogens (tertiary/aromatic N) is 1. The molecule has 0 bridgehead atoms. The molecule has 2 aromatic carbocycles. The van der Waals surface area contributed by atoms with Crippen molar-refractivity contribution in [2.24, 2.45) is 0 Å². The van der Waals surface area contributed by atoms with Crippen LogP contribution in [0.25, 0.3) is 17.4 Å². The van der Waals surface area contributed by atoms with Gasteiger partial charge in [0.2, 0.25) is 0 Å². The Morgan fingerprint density at radius 3 is 2.50 bits per heavy atom. The normalized spacial score (nSPS) is 11.0. The van der Waals surface area contributed by atoms with Crippen LogP contribution in [-0.2, 0) is 11.3 Å². The zero-order valence-electron chi connectivity index (χ0n) is 13.8. The molecule has 0 spiro atoms. The van der Waals surface area contributed by atoms with E-state index in [1.165, 1.54) is 6.08 Å². The number of hydrogen-bond acceptors (Lipinski definition) is 3. The maximum atomic E-state index is 12.2. The van der Waals surface area contributed by atoms with E-state index < -0.39 is 5.91 Å². The number of halogens is 1. The molecule has 5 heteroatoms. The number of hydrogen-bond donors (Lipinski definition) is 1. The van der Waals surface area contributed by atoms with Crippen molar-refractivity contribution in [1.29, 1.82) is 5.26 Å². The fourth-order valence-electron chi connectivity index (χ4n) is 2.36. The fraction of sp³-hybridized carbons (Fsp3) is 0.0476. The summed E-state index contributed by atoms with van der Waals surface area (Å²) in [5.41, 5.74) is 1.88. The Morgan fingerprint density at radius 1 is 1.08 bits per heavy atom. The summed E-state index contributed by atoms with van der Waals surface area (Å²) in [6, 6.07) is 22.7. The van der Waals surface area contributed by atoms with E-state index in [4.69, 9.17) is 4.42 Å². The number of nitrogens with one attached hydrogen (secondary N) is 1. The van der Waals surface area contributed by atoms with Gasteiger partial charge in [-0.05, 0) is 29.8 Å². The minimum Gasteiger partial charge on any atom is -0.457 e. The molecule has 0 atom stereocenters. The molecule has 0 aliphatic carbocycles. The first-order valence-electron chi connectivity index (χ1n) is 7.95. The molecular formula is C21H15BrN2O2. The van der Waals surface area contributed by atoms with Crippen LogP contribution in [0.1, 0.15) is 11.3 Å². The van der Waals surface area contributed by atoms with Gasteiger partial charge in [0.1, 0.15) is 23.2 Å². The third-order valence-electron chi connectivity index (χ3n) is 3.70. The highest BCUT2D eigenvalue weighted by Crippen LogP contribution is 2.25. The zero-order valence-corrected chi connectivity index (χ0v) is 15.4. The molecule has 128 valence electrons. The van der Waals surface area contributed by atoms with Crippen molar-refractivity contribution in [3.63, 3.8) is 0 Å². The van der Waals surface area contributed by atoms with Gasteiger partial charge in [-0.1, -0.05) is 58.4 Å². The summed E-state index contributed by atoms with van der Waals surface area (Å²) in [4.78, 5) is 12.2. The molecule has 0 aliphatic rings. The first-order valence-corrected chi connectivity index (χ1v) is 8.75. The largest absolute Gasteiger partial charge is 0.457 e. The van der Waals surface area contributed by atoms with Crippen molar-refractivity contribution < 1.29 is 9.21 Å². The molecule has 0 fully saturated rings. The van der Waals surface area contributed by atoms with Crippen LogP contribution in [0, 0.1) is 11.3 Å². The van der Waals surface area contributed by atoms with Crippen LogP contribution in [0.2, 0.25) is 0 Å². The molecule has 26 heavy (non-hydrogen) atoms. The molecule has 1 heterocycles. The standard InChI is InChI=1S/C21H15BrN2O2/c22-18-8-6-16(7-9-18)20-11-10-19(26-20)12-17(13-23)21(25)24-14-15-4-2-1-3-5-15/h1-12H,14H2,(H,24,25)/b17-12+. The average Bonchev–Trinajstić information content (AvgIpc) is 3.14. The lowest BCUT2D eigenvalue weighted by Crippen LogP contribution is -2.23. The van der Waals surface area contributed by atoms with E-state index in [2.05, 4.69) is 21.2 Å². The summed E-state index contributed by atoms with van der Waals surface area (Å²) in [6.07, 6.45) is 1.45. The molecule has 1 amide bonds. The Hall–Kier alpha value is -3.10. The van der Waals surface area contributed by atoms with Crippen LogP contribution in [0.5, 0.6) is 0 Å². The quantitative estimate of drug-likeness (QED) is 0.482. The number of rotatable bonds is 5. The molecule has 0 radical (unpaired) electrons. The van der Waals surface area contributed by atoms with Crippen molar-refractivity contribution >= 4 is 27.9 Å². The lowest BCUT2D eigenvalue weighted by atomic mass is 10.2. The minimum absolute atomic E-state index is 0.00219. The predicted octanol–water partition coefficient (Wildman–Crippen LogP) is 4.93. The van der Waals surface area contributed by atoms with Crippen LogP contribution in [0.15, 0.2) is 81.2 Å². The first-order chi connectivity index (χ1) is 12.7. The molecule has 0 aliphatic heterocycles. The van der Waals surface area contributed by atoms with Crippen LogP contribution in [-0.4, -0.2) is 5.91 Å². The van der Waals surface area contributed by atoms with Gasteiger partial charge in [0.05, 0.1) is 0 Å². The lowest BCUT2D eigenvalue weighted by molar-refractivity contribution is -0.117. The van der Waals surface area contributed by atoms with E-state index in [1.54, 1.807) is 6.07 Å². The van der Waals surface area contributed by atoms with Crippen molar-refractivity contribution in [2.75, 3.05) is 0 Å². The third-order valence-corrected chi connectivity index (χ3v) is 4.23. The maximum Gasteiger partial charge on any atom is 0.262 e. The Kier molecular flexibility index (Phi) is 5.67. The molecule has 0 unspecified atom stereocenters. The van der Waals surface area contributed by atoms with Crippen molar-refractivity contribution in [2.45, 2.75) is 6.54 Å². The second-order valence-electron chi connectivity index (χ2n) is 5.55. The number of benzene rings is 2. The molecular weight excluding hydrogens is 392 g/mol. The van der Waals surface area contributed by atoms with Gasteiger partial charge in [-0.3, -0.25) is 4.79 Å². The molecule has 1 aromatic heterocycles. The van der Waals surface area contributed by atoms with Gasteiger partial charge >= 0.3 is 0 Å². The van der Waals surface area contributed by atoms with Crippen molar-refractivity contribution in [3.05, 3.63) is 88.1 Å². The van der Waals surface area contributed by atoms with E-state index in [9.17, 15) is 10.1 Å². The second kappa shape index (κ2) is 8.32. The molecule has 4 nitrogen and oxygen atoms in total. The van der Waals surface area contributed by atoms with Crippen LogP contribution >= 0.6 is 15.9 Å². The van der Waals surface area contributed by atoms with Gasteiger partial charge in [-0.15, -0.1) is 0 Å². The number of carbonyl (C=O) groups is 1. The second-order valence-corrected chi connectivity index (χ2v) is 6.46. The summed E-state index contributed by atoms with van der Waals surface area (Å²) in [6.45, 7) is 0.362. The highest BCUT2D eigenvalue weighted by molar-refractivity contribution is 9.10. The highest BCUT2D eigenvalue weighted by Gasteiger charge is 2.11.